The largest absolute Gasteiger partial charge is 0.496 e. The van der Waals surface area contributed by atoms with Crippen LogP contribution in [0.2, 0.25) is 0 Å². The maximum atomic E-state index is 6.07. The smallest absolute Gasteiger partial charge is 0.113 e. The third-order valence-electron chi connectivity index (χ3n) is 2.65. The summed E-state index contributed by atoms with van der Waals surface area (Å²) in [5.74, 6) is 0.876. The highest BCUT2D eigenvalue weighted by atomic mass is 16.5. The van der Waals surface area contributed by atoms with Crippen LogP contribution in [0.25, 0.3) is 0 Å². The van der Waals surface area contributed by atoms with Gasteiger partial charge in [-0.05, 0) is 13.0 Å². The second-order valence-corrected chi connectivity index (χ2v) is 3.53. The minimum atomic E-state index is -0.161. The van der Waals surface area contributed by atoms with Crippen molar-refractivity contribution in [1.82, 2.24) is 9.78 Å². The molecule has 2 N–H and O–H groups in total. The van der Waals surface area contributed by atoms with Crippen molar-refractivity contribution in [3.05, 3.63) is 29.3 Å². The monoisotopic (exact) mass is 193 g/mol. The van der Waals surface area contributed by atoms with Gasteiger partial charge in [0.15, 0.2) is 0 Å². The van der Waals surface area contributed by atoms with Gasteiger partial charge >= 0.3 is 0 Å². The highest BCUT2D eigenvalue weighted by Gasteiger charge is 2.20. The summed E-state index contributed by atoms with van der Waals surface area (Å²) in [5.41, 5.74) is 8.20. The van der Waals surface area contributed by atoms with E-state index >= 15 is 0 Å². The molecule has 0 spiro atoms. The number of ether oxygens (including phenoxy) is 1. The first-order chi connectivity index (χ1) is 6.70. The van der Waals surface area contributed by atoms with Crippen LogP contribution in [0.5, 0.6) is 0 Å². The molecule has 1 aromatic rings. The molecule has 0 amide bonds. The summed E-state index contributed by atoms with van der Waals surface area (Å²) in [6.45, 7) is 2.76. The van der Waals surface area contributed by atoms with Crippen LogP contribution in [0.1, 0.15) is 23.7 Å². The molecule has 1 aliphatic rings. The van der Waals surface area contributed by atoms with E-state index in [0.717, 1.165) is 30.0 Å². The van der Waals surface area contributed by atoms with E-state index in [1.807, 2.05) is 24.9 Å². The molecule has 1 aromatic heterocycles. The van der Waals surface area contributed by atoms with Crippen molar-refractivity contribution < 1.29 is 4.74 Å². The van der Waals surface area contributed by atoms with E-state index in [0.29, 0.717) is 0 Å². The number of hydrogen-bond acceptors (Lipinski definition) is 3. The summed E-state index contributed by atoms with van der Waals surface area (Å²) in [6.07, 6.45) is 4.82. The lowest BCUT2D eigenvalue weighted by molar-refractivity contribution is 0.225. The number of nitrogens with zero attached hydrogens (tertiary/aromatic N) is 2. The zero-order chi connectivity index (χ0) is 10.1. The molecule has 0 bridgehead atoms. The van der Waals surface area contributed by atoms with Crippen LogP contribution in [-0.4, -0.2) is 16.4 Å². The molecule has 1 atom stereocenters. The molecule has 1 aliphatic heterocycles. The lowest BCUT2D eigenvalue weighted by atomic mass is 10.1. The summed E-state index contributed by atoms with van der Waals surface area (Å²) in [5, 5.41) is 4.16. The Bertz CT molecular complexity index is 367. The van der Waals surface area contributed by atoms with Gasteiger partial charge in [0.25, 0.3) is 0 Å². The third kappa shape index (κ3) is 1.42. The van der Waals surface area contributed by atoms with Crippen LogP contribution < -0.4 is 5.73 Å². The summed E-state index contributed by atoms with van der Waals surface area (Å²) in [4.78, 5) is 0. The summed E-state index contributed by atoms with van der Waals surface area (Å²) >= 11 is 0. The van der Waals surface area contributed by atoms with Gasteiger partial charge in [-0.25, -0.2) is 0 Å². The summed E-state index contributed by atoms with van der Waals surface area (Å²) in [7, 11) is 1.91. The Morgan fingerprint density at radius 3 is 2.93 bits per heavy atom. The Kier molecular flexibility index (Phi) is 2.29. The number of aryl methyl sites for hydroxylation is 1. The maximum Gasteiger partial charge on any atom is 0.113 e. The van der Waals surface area contributed by atoms with Gasteiger partial charge in [0.2, 0.25) is 0 Å². The van der Waals surface area contributed by atoms with E-state index in [9.17, 15) is 0 Å². The molecular formula is C10H15N3O. The van der Waals surface area contributed by atoms with Gasteiger partial charge in [0, 0.05) is 24.7 Å². The number of nitrogens with two attached hydrogens (primary N) is 1. The van der Waals surface area contributed by atoms with E-state index in [2.05, 4.69) is 11.2 Å². The molecule has 0 fully saturated rings. The van der Waals surface area contributed by atoms with E-state index in [4.69, 9.17) is 10.5 Å². The predicted octanol–water partition coefficient (Wildman–Crippen LogP) is 1.03. The number of hydrogen-bond donors (Lipinski definition) is 1. The standard InChI is InChI=1S/C10H15N3O/c1-7-8(6-12-13(7)2)10(11)9-4-3-5-14-9/h4,6,10H,3,5,11H2,1-2H3. The first-order valence-electron chi connectivity index (χ1n) is 4.77. The Morgan fingerprint density at radius 2 is 2.43 bits per heavy atom. The van der Waals surface area contributed by atoms with Crippen molar-refractivity contribution in [2.75, 3.05) is 6.61 Å². The SMILES string of the molecule is Cc1c(C(N)C2=CCCO2)cnn1C. The van der Waals surface area contributed by atoms with Gasteiger partial charge in [-0.3, -0.25) is 4.68 Å². The van der Waals surface area contributed by atoms with Gasteiger partial charge in [0.05, 0.1) is 18.8 Å². The summed E-state index contributed by atoms with van der Waals surface area (Å²) in [6, 6.07) is -0.161. The average molecular weight is 193 g/mol. The fourth-order valence-electron chi connectivity index (χ4n) is 1.63. The molecule has 2 rings (SSSR count). The molecule has 0 radical (unpaired) electrons. The first kappa shape index (κ1) is 9.27. The van der Waals surface area contributed by atoms with Crippen LogP contribution in [0.3, 0.4) is 0 Å². The third-order valence-corrected chi connectivity index (χ3v) is 2.65. The van der Waals surface area contributed by atoms with Crippen molar-refractivity contribution in [2.45, 2.75) is 19.4 Å². The molecule has 0 saturated carbocycles. The maximum absolute atomic E-state index is 6.07. The minimum absolute atomic E-state index is 0.161. The molecule has 4 nitrogen and oxygen atoms in total. The van der Waals surface area contributed by atoms with Crippen LogP contribution in [-0.2, 0) is 11.8 Å². The second kappa shape index (κ2) is 3.46. The predicted molar refractivity (Wildman–Crippen MR) is 53.5 cm³/mol. The molecule has 4 heteroatoms. The fraction of sp³-hybridized carbons (Fsp3) is 0.500. The fourth-order valence-corrected chi connectivity index (χ4v) is 1.63. The Morgan fingerprint density at radius 1 is 1.64 bits per heavy atom. The van der Waals surface area contributed by atoms with Crippen molar-refractivity contribution in [3.63, 3.8) is 0 Å². The normalized spacial score (nSPS) is 17.8. The average Bonchev–Trinajstić information content (AvgIpc) is 2.77. The van der Waals surface area contributed by atoms with Crippen molar-refractivity contribution >= 4 is 0 Å². The summed E-state index contributed by atoms with van der Waals surface area (Å²) < 4.78 is 7.26. The van der Waals surface area contributed by atoms with Gasteiger partial charge < -0.3 is 10.5 Å². The van der Waals surface area contributed by atoms with Gasteiger partial charge in [-0.2, -0.15) is 5.10 Å². The van der Waals surface area contributed by atoms with Gasteiger partial charge in [-0.1, -0.05) is 0 Å². The molecule has 2 heterocycles. The zero-order valence-corrected chi connectivity index (χ0v) is 8.53. The van der Waals surface area contributed by atoms with E-state index in [1.54, 1.807) is 0 Å². The number of rotatable bonds is 2. The molecule has 76 valence electrons. The van der Waals surface area contributed by atoms with Crippen LogP contribution >= 0.6 is 0 Å². The molecular weight excluding hydrogens is 178 g/mol. The van der Waals surface area contributed by atoms with Crippen molar-refractivity contribution in [1.29, 1.82) is 0 Å². The quantitative estimate of drug-likeness (QED) is 0.763. The van der Waals surface area contributed by atoms with Crippen molar-refractivity contribution in [2.24, 2.45) is 12.8 Å². The molecule has 0 saturated heterocycles. The van der Waals surface area contributed by atoms with Gasteiger partial charge in [0.1, 0.15) is 5.76 Å². The first-order valence-corrected chi connectivity index (χ1v) is 4.77. The van der Waals surface area contributed by atoms with E-state index in [-0.39, 0.29) is 6.04 Å². The van der Waals surface area contributed by atoms with E-state index < -0.39 is 0 Å². The van der Waals surface area contributed by atoms with Crippen LogP contribution in [0, 0.1) is 6.92 Å². The van der Waals surface area contributed by atoms with Crippen molar-refractivity contribution in [3.8, 4) is 0 Å². The Labute approximate surface area is 83.4 Å². The van der Waals surface area contributed by atoms with E-state index in [1.165, 1.54) is 0 Å². The Balaban J connectivity index is 2.26. The highest BCUT2D eigenvalue weighted by molar-refractivity contribution is 5.27. The molecule has 0 aromatic carbocycles. The topological polar surface area (TPSA) is 53.1 Å². The van der Waals surface area contributed by atoms with Gasteiger partial charge in [-0.15, -0.1) is 0 Å². The lowest BCUT2D eigenvalue weighted by Gasteiger charge is -2.12. The second-order valence-electron chi connectivity index (χ2n) is 3.53. The van der Waals surface area contributed by atoms with Crippen LogP contribution in [0.4, 0.5) is 0 Å². The number of aromatic nitrogens is 2. The molecule has 1 unspecified atom stereocenters. The Hall–Kier alpha value is -1.29. The highest BCUT2D eigenvalue weighted by Crippen LogP contribution is 2.25. The lowest BCUT2D eigenvalue weighted by Crippen LogP contribution is -2.14. The molecule has 0 aliphatic carbocycles. The molecule has 14 heavy (non-hydrogen) atoms. The zero-order valence-electron chi connectivity index (χ0n) is 8.53. The minimum Gasteiger partial charge on any atom is -0.496 e. The van der Waals surface area contributed by atoms with Crippen LogP contribution in [0.15, 0.2) is 18.0 Å².